The zero-order chi connectivity index (χ0) is 14.8. The molecule has 2 rings (SSSR count). The number of halogens is 3. The molecule has 1 aliphatic carbocycles. The van der Waals surface area contributed by atoms with Gasteiger partial charge in [-0.15, -0.1) is 0 Å². The van der Waals surface area contributed by atoms with E-state index in [-0.39, 0.29) is 11.9 Å². The average Bonchev–Trinajstić information content (AvgIpc) is 2.40. The van der Waals surface area contributed by atoms with Gasteiger partial charge in [0.05, 0.1) is 17.9 Å². The third kappa shape index (κ3) is 3.41. The second-order valence-electron chi connectivity index (χ2n) is 5.18. The Kier molecular flexibility index (Phi) is 4.17. The van der Waals surface area contributed by atoms with Crippen molar-refractivity contribution in [2.75, 3.05) is 0 Å². The Morgan fingerprint density at radius 2 is 1.95 bits per heavy atom. The molecule has 1 aliphatic rings. The van der Waals surface area contributed by atoms with Gasteiger partial charge in [-0.05, 0) is 37.7 Å². The number of rotatable bonds is 2. The van der Waals surface area contributed by atoms with Crippen LogP contribution >= 0.6 is 0 Å². The summed E-state index contributed by atoms with van der Waals surface area (Å²) in [4.78, 5) is 3.54. The fraction of sp³-hybridized carbons (Fsp3) is 0.571. The maximum Gasteiger partial charge on any atom is 0.419 e. The lowest BCUT2D eigenvalue weighted by Crippen LogP contribution is -2.23. The molecule has 1 aromatic rings. The van der Waals surface area contributed by atoms with E-state index in [9.17, 15) is 13.2 Å². The van der Waals surface area contributed by atoms with Crippen LogP contribution in [0.4, 0.5) is 13.2 Å². The summed E-state index contributed by atoms with van der Waals surface area (Å²) in [5, 5.41) is 8.67. The molecule has 20 heavy (non-hydrogen) atoms. The summed E-state index contributed by atoms with van der Waals surface area (Å²) in [6, 6.07) is 2.32. The molecule has 108 valence electrons. The summed E-state index contributed by atoms with van der Waals surface area (Å²) in [5.41, 5.74) is -1.66. The minimum absolute atomic E-state index is 0.0676. The third-order valence-electron chi connectivity index (χ3n) is 3.54. The number of nitriles is 1. The molecule has 1 aromatic heterocycles. The van der Waals surface area contributed by atoms with Crippen LogP contribution in [-0.4, -0.2) is 11.1 Å². The fourth-order valence-electron chi connectivity index (χ4n) is 2.36. The van der Waals surface area contributed by atoms with E-state index in [1.165, 1.54) is 12.3 Å². The van der Waals surface area contributed by atoms with Crippen LogP contribution in [0.3, 0.4) is 0 Å². The predicted molar refractivity (Wildman–Crippen MR) is 66.0 cm³/mol. The maximum atomic E-state index is 12.8. The highest BCUT2D eigenvalue weighted by atomic mass is 19.4. The number of pyridine rings is 1. The fourth-order valence-corrected chi connectivity index (χ4v) is 2.36. The van der Waals surface area contributed by atoms with E-state index in [1.54, 1.807) is 0 Å². The van der Waals surface area contributed by atoms with E-state index in [4.69, 9.17) is 10.00 Å². The molecule has 1 saturated carbocycles. The molecule has 3 nitrogen and oxygen atoms in total. The van der Waals surface area contributed by atoms with Crippen molar-refractivity contribution in [3.8, 4) is 11.8 Å². The number of hydrogen-bond acceptors (Lipinski definition) is 3. The van der Waals surface area contributed by atoms with Crippen molar-refractivity contribution in [2.24, 2.45) is 5.92 Å². The van der Waals surface area contributed by atoms with E-state index in [0.717, 1.165) is 31.7 Å². The molecule has 1 heterocycles. The normalized spacial score (nSPS) is 23.1. The van der Waals surface area contributed by atoms with Crippen molar-refractivity contribution in [2.45, 2.75) is 44.9 Å². The first-order valence-electron chi connectivity index (χ1n) is 6.54. The number of alkyl halides is 3. The van der Waals surface area contributed by atoms with E-state index < -0.39 is 17.4 Å². The van der Waals surface area contributed by atoms with Crippen LogP contribution in [0.2, 0.25) is 0 Å². The molecule has 0 N–H and O–H groups in total. The molecule has 0 atom stereocenters. The monoisotopic (exact) mass is 284 g/mol. The summed E-state index contributed by atoms with van der Waals surface area (Å²) in [7, 11) is 0. The largest absolute Gasteiger partial charge is 0.489 e. The van der Waals surface area contributed by atoms with Crippen LogP contribution < -0.4 is 4.74 Å². The van der Waals surface area contributed by atoms with Crippen LogP contribution in [0.25, 0.3) is 0 Å². The summed E-state index contributed by atoms with van der Waals surface area (Å²) >= 11 is 0. The molecule has 0 unspecified atom stereocenters. The Balaban J connectivity index is 2.15. The highest BCUT2D eigenvalue weighted by molar-refractivity contribution is 5.38. The first-order chi connectivity index (χ1) is 9.40. The molecule has 6 heteroatoms. The smallest absolute Gasteiger partial charge is 0.419 e. The van der Waals surface area contributed by atoms with Gasteiger partial charge in [-0.2, -0.15) is 18.4 Å². The highest BCUT2D eigenvalue weighted by Gasteiger charge is 2.35. The van der Waals surface area contributed by atoms with Crippen LogP contribution in [0.5, 0.6) is 5.75 Å². The predicted octanol–water partition coefficient (Wildman–Crippen LogP) is 3.93. The minimum Gasteiger partial charge on any atom is -0.489 e. The lowest BCUT2D eigenvalue weighted by atomic mass is 9.89. The van der Waals surface area contributed by atoms with Gasteiger partial charge in [0.25, 0.3) is 0 Å². The van der Waals surface area contributed by atoms with Crippen molar-refractivity contribution in [3.05, 3.63) is 23.5 Å². The Hall–Kier alpha value is -1.77. The van der Waals surface area contributed by atoms with Gasteiger partial charge in [-0.25, -0.2) is 4.98 Å². The summed E-state index contributed by atoms with van der Waals surface area (Å²) < 4.78 is 44.0. The topological polar surface area (TPSA) is 45.9 Å². The van der Waals surface area contributed by atoms with Crippen molar-refractivity contribution < 1.29 is 17.9 Å². The quantitative estimate of drug-likeness (QED) is 0.826. The Labute approximate surface area is 115 Å². The number of ether oxygens (including phenoxy) is 1. The second-order valence-corrected chi connectivity index (χ2v) is 5.18. The van der Waals surface area contributed by atoms with Gasteiger partial charge < -0.3 is 4.74 Å². The zero-order valence-corrected chi connectivity index (χ0v) is 11.1. The average molecular weight is 284 g/mol. The standard InChI is InChI=1S/C14H15F3N2O/c1-9-2-4-10(5-3-9)20-11-6-12(14(15,16)17)13(7-18)19-8-11/h6,8-10H,2-5H2,1H3. The zero-order valence-electron chi connectivity index (χ0n) is 11.1. The van der Waals surface area contributed by atoms with Crippen LogP contribution in [0.1, 0.15) is 43.9 Å². The Morgan fingerprint density at radius 1 is 1.30 bits per heavy atom. The van der Waals surface area contributed by atoms with Gasteiger partial charge in [0, 0.05) is 0 Å². The molecule has 0 saturated heterocycles. The van der Waals surface area contributed by atoms with Gasteiger partial charge in [-0.3, -0.25) is 0 Å². The molecule has 0 radical (unpaired) electrons. The molecule has 0 aromatic carbocycles. The third-order valence-corrected chi connectivity index (χ3v) is 3.54. The first-order valence-corrected chi connectivity index (χ1v) is 6.54. The SMILES string of the molecule is CC1CCC(Oc2cnc(C#N)c(C(F)(F)F)c2)CC1. The number of nitrogens with zero attached hydrogens (tertiary/aromatic N) is 2. The number of aromatic nitrogens is 1. The maximum absolute atomic E-state index is 12.8. The first kappa shape index (κ1) is 14.6. The van der Waals surface area contributed by atoms with Gasteiger partial charge in [0.2, 0.25) is 0 Å². The molecule has 0 bridgehead atoms. The van der Waals surface area contributed by atoms with E-state index in [0.29, 0.717) is 5.92 Å². The van der Waals surface area contributed by atoms with Gasteiger partial charge in [0.15, 0.2) is 5.69 Å². The van der Waals surface area contributed by atoms with Crippen molar-refractivity contribution in [3.63, 3.8) is 0 Å². The number of hydrogen-bond donors (Lipinski definition) is 0. The summed E-state index contributed by atoms with van der Waals surface area (Å²) in [6.07, 6.45) is 0.221. The second kappa shape index (κ2) is 5.70. The van der Waals surface area contributed by atoms with E-state index >= 15 is 0 Å². The van der Waals surface area contributed by atoms with Crippen LogP contribution in [-0.2, 0) is 6.18 Å². The van der Waals surface area contributed by atoms with Crippen molar-refractivity contribution in [1.29, 1.82) is 5.26 Å². The van der Waals surface area contributed by atoms with Gasteiger partial charge in [0.1, 0.15) is 11.8 Å². The molecule has 0 amide bonds. The molecular weight excluding hydrogens is 269 g/mol. The Morgan fingerprint density at radius 3 is 2.50 bits per heavy atom. The van der Waals surface area contributed by atoms with E-state index in [1.807, 2.05) is 0 Å². The molecular formula is C14H15F3N2O. The molecule has 0 aliphatic heterocycles. The van der Waals surface area contributed by atoms with Crippen molar-refractivity contribution in [1.82, 2.24) is 4.98 Å². The van der Waals surface area contributed by atoms with Crippen LogP contribution in [0.15, 0.2) is 12.3 Å². The minimum atomic E-state index is -4.60. The van der Waals surface area contributed by atoms with E-state index in [2.05, 4.69) is 11.9 Å². The molecule has 1 fully saturated rings. The Bertz CT molecular complexity index is 514. The van der Waals surface area contributed by atoms with Crippen LogP contribution in [0, 0.1) is 17.2 Å². The summed E-state index contributed by atoms with van der Waals surface area (Å²) in [6.45, 7) is 2.15. The molecule has 0 spiro atoms. The lowest BCUT2D eigenvalue weighted by Gasteiger charge is -2.27. The van der Waals surface area contributed by atoms with Gasteiger partial charge in [-0.1, -0.05) is 6.92 Å². The lowest BCUT2D eigenvalue weighted by molar-refractivity contribution is -0.138. The van der Waals surface area contributed by atoms with Crippen molar-refractivity contribution >= 4 is 0 Å². The van der Waals surface area contributed by atoms with Gasteiger partial charge >= 0.3 is 6.18 Å². The summed E-state index contributed by atoms with van der Waals surface area (Å²) in [5.74, 6) is 0.718. The highest BCUT2D eigenvalue weighted by Crippen LogP contribution is 2.34.